The van der Waals surface area contributed by atoms with Crippen LogP contribution >= 0.6 is 0 Å². The van der Waals surface area contributed by atoms with Crippen LogP contribution in [0.25, 0.3) is 11.4 Å². The summed E-state index contributed by atoms with van der Waals surface area (Å²) in [5.74, 6) is 0.998. The fourth-order valence-electron chi connectivity index (χ4n) is 1.17. The molecule has 0 amide bonds. The molecule has 78 valence electrons. The van der Waals surface area contributed by atoms with E-state index < -0.39 is 0 Å². The van der Waals surface area contributed by atoms with Gasteiger partial charge in [-0.25, -0.2) is 0 Å². The van der Waals surface area contributed by atoms with Gasteiger partial charge in [-0.05, 0) is 18.6 Å². The molecule has 0 saturated carbocycles. The Hall–Kier alpha value is -1.75. The average molecular weight is 204 g/mol. The summed E-state index contributed by atoms with van der Waals surface area (Å²) in [6.07, 6.45) is 4.16. The topological polar surface area (TPSA) is 77.8 Å². The van der Waals surface area contributed by atoms with Crippen LogP contribution in [0.3, 0.4) is 0 Å². The van der Waals surface area contributed by atoms with Gasteiger partial charge >= 0.3 is 0 Å². The van der Waals surface area contributed by atoms with E-state index in [1.54, 1.807) is 12.4 Å². The lowest BCUT2D eigenvalue weighted by Gasteiger charge is -1.98. The lowest BCUT2D eigenvalue weighted by atomic mass is 10.2. The standard InChI is InChI=1S/C10H12N4O/c1-2-8(11)10-13-9(14-15-10)7-4-3-5-12-6-7/h3-6,8H,2,11H2,1H3/t8-/m0/s1. The molecule has 0 radical (unpaired) electrons. The van der Waals surface area contributed by atoms with E-state index in [1.165, 1.54) is 0 Å². The lowest BCUT2D eigenvalue weighted by molar-refractivity contribution is 0.352. The van der Waals surface area contributed by atoms with E-state index in [9.17, 15) is 0 Å². The van der Waals surface area contributed by atoms with Crippen molar-refractivity contribution in [3.8, 4) is 11.4 Å². The molecule has 0 aromatic carbocycles. The first-order chi connectivity index (χ1) is 7.31. The van der Waals surface area contributed by atoms with Gasteiger partial charge in [-0.2, -0.15) is 4.98 Å². The van der Waals surface area contributed by atoms with Crippen LogP contribution in [-0.2, 0) is 0 Å². The molecule has 2 aromatic heterocycles. The van der Waals surface area contributed by atoms with Crippen LogP contribution in [0.1, 0.15) is 25.3 Å². The molecule has 0 unspecified atom stereocenters. The number of pyridine rings is 1. The highest BCUT2D eigenvalue weighted by Crippen LogP contribution is 2.17. The average Bonchev–Trinajstić information content (AvgIpc) is 2.78. The number of rotatable bonds is 3. The lowest BCUT2D eigenvalue weighted by Crippen LogP contribution is -2.08. The van der Waals surface area contributed by atoms with Crippen LogP contribution in [0, 0.1) is 0 Å². The predicted molar refractivity (Wildman–Crippen MR) is 54.7 cm³/mol. The summed E-state index contributed by atoms with van der Waals surface area (Å²) in [6, 6.07) is 3.51. The highest BCUT2D eigenvalue weighted by Gasteiger charge is 2.13. The van der Waals surface area contributed by atoms with E-state index >= 15 is 0 Å². The van der Waals surface area contributed by atoms with Crippen LogP contribution in [0.4, 0.5) is 0 Å². The molecular weight excluding hydrogens is 192 g/mol. The second-order valence-electron chi connectivity index (χ2n) is 3.21. The van der Waals surface area contributed by atoms with Crippen molar-refractivity contribution in [3.63, 3.8) is 0 Å². The molecule has 0 aliphatic heterocycles. The SMILES string of the molecule is CC[C@H](N)c1nc(-c2cccnc2)no1. The first kappa shape index (κ1) is 9.79. The smallest absolute Gasteiger partial charge is 0.243 e. The molecule has 0 bridgehead atoms. The third-order valence-corrected chi connectivity index (χ3v) is 2.12. The first-order valence-corrected chi connectivity index (χ1v) is 4.81. The van der Waals surface area contributed by atoms with Gasteiger partial charge in [0.2, 0.25) is 11.7 Å². The van der Waals surface area contributed by atoms with Crippen LogP contribution in [0.2, 0.25) is 0 Å². The minimum atomic E-state index is -0.192. The Morgan fingerprint density at radius 2 is 2.40 bits per heavy atom. The Morgan fingerprint density at radius 1 is 1.53 bits per heavy atom. The molecule has 2 N–H and O–H groups in total. The third-order valence-electron chi connectivity index (χ3n) is 2.12. The van der Waals surface area contributed by atoms with Crippen molar-refractivity contribution < 1.29 is 4.52 Å². The Labute approximate surface area is 87.3 Å². The summed E-state index contributed by atoms with van der Waals surface area (Å²) in [5, 5.41) is 3.85. The molecule has 2 aromatic rings. The molecule has 2 heterocycles. The molecule has 5 nitrogen and oxygen atoms in total. The summed E-state index contributed by atoms with van der Waals surface area (Å²) in [5.41, 5.74) is 6.60. The molecule has 0 aliphatic carbocycles. The molecule has 2 rings (SSSR count). The monoisotopic (exact) mass is 204 g/mol. The molecule has 0 fully saturated rings. The Kier molecular flexibility index (Phi) is 2.73. The highest BCUT2D eigenvalue weighted by atomic mass is 16.5. The van der Waals surface area contributed by atoms with Crippen molar-refractivity contribution in [1.82, 2.24) is 15.1 Å². The maximum Gasteiger partial charge on any atom is 0.243 e. The Balaban J connectivity index is 2.28. The minimum Gasteiger partial charge on any atom is -0.337 e. The molecule has 0 spiro atoms. The van der Waals surface area contributed by atoms with Gasteiger partial charge in [-0.3, -0.25) is 4.98 Å². The van der Waals surface area contributed by atoms with Gasteiger partial charge in [0.05, 0.1) is 6.04 Å². The van der Waals surface area contributed by atoms with Gasteiger partial charge in [0.1, 0.15) is 0 Å². The number of aromatic nitrogens is 3. The summed E-state index contributed by atoms with van der Waals surface area (Å²) >= 11 is 0. The summed E-state index contributed by atoms with van der Waals surface area (Å²) < 4.78 is 5.06. The Bertz CT molecular complexity index is 426. The van der Waals surface area contributed by atoms with Crippen molar-refractivity contribution >= 4 is 0 Å². The first-order valence-electron chi connectivity index (χ1n) is 4.81. The fourth-order valence-corrected chi connectivity index (χ4v) is 1.17. The third kappa shape index (κ3) is 2.02. The molecule has 15 heavy (non-hydrogen) atoms. The van der Waals surface area contributed by atoms with Crippen molar-refractivity contribution in [2.45, 2.75) is 19.4 Å². The molecule has 1 atom stereocenters. The number of nitrogens with zero attached hydrogens (tertiary/aromatic N) is 3. The highest BCUT2D eigenvalue weighted by molar-refractivity contribution is 5.51. The van der Waals surface area contributed by atoms with Crippen molar-refractivity contribution in [2.24, 2.45) is 5.73 Å². The normalized spacial score (nSPS) is 12.7. The second-order valence-corrected chi connectivity index (χ2v) is 3.21. The van der Waals surface area contributed by atoms with Crippen molar-refractivity contribution in [1.29, 1.82) is 0 Å². The second kappa shape index (κ2) is 4.18. The predicted octanol–water partition coefficient (Wildman–Crippen LogP) is 1.54. The summed E-state index contributed by atoms with van der Waals surface area (Å²) in [4.78, 5) is 8.19. The zero-order valence-corrected chi connectivity index (χ0v) is 8.42. The minimum absolute atomic E-state index is 0.192. The zero-order chi connectivity index (χ0) is 10.7. The largest absolute Gasteiger partial charge is 0.337 e. The van der Waals surface area contributed by atoms with Crippen LogP contribution in [-0.4, -0.2) is 15.1 Å². The van der Waals surface area contributed by atoms with Gasteiger partial charge in [-0.15, -0.1) is 0 Å². The van der Waals surface area contributed by atoms with E-state index in [0.29, 0.717) is 11.7 Å². The van der Waals surface area contributed by atoms with E-state index in [2.05, 4.69) is 15.1 Å². The molecular formula is C10H12N4O. The van der Waals surface area contributed by atoms with E-state index in [1.807, 2.05) is 19.1 Å². The number of hydrogen-bond donors (Lipinski definition) is 1. The van der Waals surface area contributed by atoms with Gasteiger partial charge in [0.15, 0.2) is 0 Å². The van der Waals surface area contributed by atoms with Crippen LogP contribution < -0.4 is 5.73 Å². The Morgan fingerprint density at radius 3 is 3.07 bits per heavy atom. The number of hydrogen-bond acceptors (Lipinski definition) is 5. The number of nitrogens with two attached hydrogens (primary N) is 1. The maximum absolute atomic E-state index is 5.77. The molecule has 0 saturated heterocycles. The van der Waals surface area contributed by atoms with Gasteiger partial charge in [-0.1, -0.05) is 12.1 Å². The van der Waals surface area contributed by atoms with Crippen LogP contribution in [0.15, 0.2) is 29.0 Å². The van der Waals surface area contributed by atoms with Crippen LogP contribution in [0.5, 0.6) is 0 Å². The van der Waals surface area contributed by atoms with E-state index in [0.717, 1.165) is 12.0 Å². The van der Waals surface area contributed by atoms with E-state index in [-0.39, 0.29) is 6.04 Å². The summed E-state index contributed by atoms with van der Waals surface area (Å²) in [7, 11) is 0. The van der Waals surface area contributed by atoms with Crippen molar-refractivity contribution in [3.05, 3.63) is 30.4 Å². The quantitative estimate of drug-likeness (QED) is 0.820. The van der Waals surface area contributed by atoms with E-state index in [4.69, 9.17) is 10.3 Å². The van der Waals surface area contributed by atoms with Gasteiger partial charge in [0, 0.05) is 18.0 Å². The molecule has 5 heteroatoms. The fraction of sp³-hybridized carbons (Fsp3) is 0.300. The van der Waals surface area contributed by atoms with Crippen molar-refractivity contribution in [2.75, 3.05) is 0 Å². The summed E-state index contributed by atoms with van der Waals surface area (Å²) in [6.45, 7) is 1.97. The maximum atomic E-state index is 5.77. The van der Waals surface area contributed by atoms with Gasteiger partial charge < -0.3 is 10.3 Å². The molecule has 0 aliphatic rings. The van der Waals surface area contributed by atoms with Gasteiger partial charge in [0.25, 0.3) is 0 Å². The zero-order valence-electron chi connectivity index (χ0n) is 8.42.